The third-order valence-corrected chi connectivity index (χ3v) is 6.00. The molecule has 5 nitrogen and oxygen atoms in total. The molecule has 2 fully saturated rings. The summed E-state index contributed by atoms with van der Waals surface area (Å²) in [4.78, 5) is 0.339. The van der Waals surface area contributed by atoms with Gasteiger partial charge in [-0.15, -0.1) is 0 Å². The molecule has 6 heteroatoms. The van der Waals surface area contributed by atoms with E-state index in [2.05, 4.69) is 0 Å². The predicted octanol–water partition coefficient (Wildman–Crippen LogP) is 2.12. The van der Waals surface area contributed by atoms with Gasteiger partial charge in [0.25, 0.3) is 0 Å². The zero-order chi connectivity index (χ0) is 15.2. The first-order valence-corrected chi connectivity index (χ1v) is 9.21. The van der Waals surface area contributed by atoms with Gasteiger partial charge in [-0.1, -0.05) is 13.8 Å². The van der Waals surface area contributed by atoms with Crippen LogP contribution in [-0.2, 0) is 16.6 Å². The summed E-state index contributed by atoms with van der Waals surface area (Å²) in [6.07, 6.45) is 5.78. The number of nitrogens with zero attached hydrogens (tertiary/aromatic N) is 2. The van der Waals surface area contributed by atoms with Gasteiger partial charge in [0.2, 0.25) is 10.0 Å². The molecule has 1 aromatic rings. The van der Waals surface area contributed by atoms with Gasteiger partial charge in [0.05, 0.1) is 6.61 Å². The lowest BCUT2D eigenvalue weighted by molar-refractivity contribution is 0.270. The average Bonchev–Trinajstić information content (AvgIpc) is 3.33. The summed E-state index contributed by atoms with van der Waals surface area (Å²) in [5.41, 5.74) is 0.705. The zero-order valence-electron chi connectivity index (χ0n) is 12.7. The highest BCUT2D eigenvalue weighted by atomic mass is 32.2. The number of rotatable bonds is 7. The minimum Gasteiger partial charge on any atom is -0.390 e. The summed E-state index contributed by atoms with van der Waals surface area (Å²) in [7, 11) is -3.45. The normalized spacial score (nSPS) is 19.7. The summed E-state index contributed by atoms with van der Waals surface area (Å²) < 4.78 is 29.4. The van der Waals surface area contributed by atoms with Crippen molar-refractivity contribution in [1.82, 2.24) is 8.87 Å². The van der Waals surface area contributed by atoms with Crippen LogP contribution in [0.25, 0.3) is 0 Å². The van der Waals surface area contributed by atoms with Crippen molar-refractivity contribution >= 4 is 10.0 Å². The van der Waals surface area contributed by atoms with E-state index in [-0.39, 0.29) is 12.6 Å². The van der Waals surface area contributed by atoms with Crippen LogP contribution in [0, 0.1) is 5.92 Å². The highest BCUT2D eigenvalue weighted by Gasteiger charge is 2.39. The SMILES string of the molecule is CC(C)CN(C1CC1)S(=O)(=O)c1cc(CO)n(C2CC2)c1. The Hall–Kier alpha value is -0.850. The smallest absolute Gasteiger partial charge is 0.244 e. The van der Waals surface area contributed by atoms with Gasteiger partial charge >= 0.3 is 0 Å². The lowest BCUT2D eigenvalue weighted by Gasteiger charge is -2.23. The van der Waals surface area contributed by atoms with Crippen LogP contribution in [0.15, 0.2) is 17.2 Å². The van der Waals surface area contributed by atoms with Crippen LogP contribution in [0.3, 0.4) is 0 Å². The molecule has 1 N–H and O–H groups in total. The van der Waals surface area contributed by atoms with E-state index in [4.69, 9.17) is 0 Å². The standard InChI is InChI=1S/C15H24N2O3S/c1-11(2)8-17(13-5-6-13)21(19,20)15-7-14(10-18)16(9-15)12-3-4-12/h7,9,11-13,18H,3-6,8,10H2,1-2H3. The lowest BCUT2D eigenvalue weighted by Crippen LogP contribution is -2.35. The minimum atomic E-state index is -3.45. The molecule has 0 amide bonds. The maximum Gasteiger partial charge on any atom is 0.244 e. The van der Waals surface area contributed by atoms with E-state index in [1.165, 1.54) is 0 Å². The van der Waals surface area contributed by atoms with Crippen LogP contribution >= 0.6 is 0 Å². The first-order valence-electron chi connectivity index (χ1n) is 7.77. The van der Waals surface area contributed by atoms with Crippen molar-refractivity contribution in [1.29, 1.82) is 0 Å². The predicted molar refractivity (Wildman–Crippen MR) is 80.4 cm³/mol. The Morgan fingerprint density at radius 3 is 2.48 bits per heavy atom. The monoisotopic (exact) mass is 312 g/mol. The van der Waals surface area contributed by atoms with E-state index in [1.54, 1.807) is 16.6 Å². The highest BCUT2D eigenvalue weighted by molar-refractivity contribution is 7.89. The molecule has 0 spiro atoms. The van der Waals surface area contributed by atoms with E-state index in [1.807, 2.05) is 18.4 Å². The fourth-order valence-corrected chi connectivity index (χ4v) is 4.66. The van der Waals surface area contributed by atoms with E-state index in [0.717, 1.165) is 25.7 Å². The molecule has 0 atom stereocenters. The van der Waals surface area contributed by atoms with Gasteiger partial charge < -0.3 is 9.67 Å². The van der Waals surface area contributed by atoms with Gasteiger partial charge in [-0.3, -0.25) is 0 Å². The Morgan fingerprint density at radius 2 is 2.00 bits per heavy atom. The maximum absolute atomic E-state index is 12.9. The van der Waals surface area contributed by atoms with Gasteiger partial charge in [0.1, 0.15) is 4.90 Å². The third-order valence-electron chi connectivity index (χ3n) is 4.11. The summed E-state index contributed by atoms with van der Waals surface area (Å²) in [6.45, 7) is 4.54. The first-order chi connectivity index (χ1) is 9.93. The van der Waals surface area contributed by atoms with E-state index < -0.39 is 10.0 Å². The second kappa shape index (κ2) is 5.41. The number of aliphatic hydroxyl groups excluding tert-OH is 1. The van der Waals surface area contributed by atoms with Crippen molar-refractivity contribution in [3.8, 4) is 0 Å². The van der Waals surface area contributed by atoms with E-state index in [9.17, 15) is 13.5 Å². The van der Waals surface area contributed by atoms with Crippen LogP contribution in [0.1, 0.15) is 51.3 Å². The molecule has 1 heterocycles. The Kier molecular flexibility index (Phi) is 3.88. The summed E-state index contributed by atoms with van der Waals surface area (Å²) >= 11 is 0. The van der Waals surface area contributed by atoms with Crippen LogP contribution in [0.2, 0.25) is 0 Å². The van der Waals surface area contributed by atoms with E-state index >= 15 is 0 Å². The molecule has 0 aromatic carbocycles. The second-order valence-electron chi connectivity index (χ2n) is 6.66. The minimum absolute atomic E-state index is 0.111. The molecule has 0 bridgehead atoms. The Balaban J connectivity index is 1.92. The largest absolute Gasteiger partial charge is 0.390 e. The third kappa shape index (κ3) is 3.03. The molecule has 2 saturated carbocycles. The van der Waals surface area contributed by atoms with E-state index in [0.29, 0.717) is 29.1 Å². The summed E-state index contributed by atoms with van der Waals surface area (Å²) in [6, 6.07) is 2.18. The molecular formula is C15H24N2O3S. The summed E-state index contributed by atoms with van der Waals surface area (Å²) in [5.74, 6) is 0.309. The molecule has 118 valence electrons. The van der Waals surface area contributed by atoms with Gasteiger partial charge in [-0.25, -0.2) is 8.42 Å². The Morgan fingerprint density at radius 1 is 1.33 bits per heavy atom. The molecule has 0 aliphatic heterocycles. The molecule has 0 unspecified atom stereocenters. The average molecular weight is 312 g/mol. The van der Waals surface area contributed by atoms with Crippen molar-refractivity contribution in [2.24, 2.45) is 5.92 Å². The van der Waals surface area contributed by atoms with Crippen LogP contribution in [0.4, 0.5) is 0 Å². The van der Waals surface area contributed by atoms with Gasteiger partial charge in [-0.05, 0) is 37.7 Å². The van der Waals surface area contributed by atoms with Gasteiger partial charge in [-0.2, -0.15) is 4.31 Å². The number of aromatic nitrogens is 1. The fourth-order valence-electron chi connectivity index (χ4n) is 2.76. The molecule has 0 radical (unpaired) electrons. The van der Waals surface area contributed by atoms with Crippen molar-refractivity contribution in [2.45, 2.75) is 63.1 Å². The maximum atomic E-state index is 12.9. The highest BCUT2D eigenvalue weighted by Crippen LogP contribution is 2.39. The number of sulfonamides is 1. The Bertz CT molecular complexity index is 613. The van der Waals surface area contributed by atoms with Gasteiger partial charge in [0.15, 0.2) is 0 Å². The van der Waals surface area contributed by atoms with Crippen molar-refractivity contribution in [3.05, 3.63) is 18.0 Å². The Labute approximate surface area is 126 Å². The molecule has 0 saturated heterocycles. The molecule has 2 aliphatic carbocycles. The fraction of sp³-hybridized carbons (Fsp3) is 0.733. The van der Waals surface area contributed by atoms with Crippen LogP contribution in [0.5, 0.6) is 0 Å². The van der Waals surface area contributed by atoms with Crippen molar-refractivity contribution < 1.29 is 13.5 Å². The lowest BCUT2D eigenvalue weighted by atomic mass is 10.2. The van der Waals surface area contributed by atoms with Gasteiger partial charge in [0, 0.05) is 30.5 Å². The number of aliphatic hydroxyl groups is 1. The zero-order valence-corrected chi connectivity index (χ0v) is 13.5. The molecule has 3 rings (SSSR count). The first kappa shape index (κ1) is 15.1. The van der Waals surface area contributed by atoms with Crippen LogP contribution in [-0.4, -0.2) is 35.0 Å². The molecule has 2 aliphatic rings. The second-order valence-corrected chi connectivity index (χ2v) is 8.55. The van der Waals surface area contributed by atoms with Crippen molar-refractivity contribution in [3.63, 3.8) is 0 Å². The van der Waals surface area contributed by atoms with Crippen LogP contribution < -0.4 is 0 Å². The molecule has 21 heavy (non-hydrogen) atoms. The molecular weight excluding hydrogens is 288 g/mol. The topological polar surface area (TPSA) is 62.5 Å². The molecule has 1 aromatic heterocycles. The quantitative estimate of drug-likeness (QED) is 0.839. The van der Waals surface area contributed by atoms with Crippen molar-refractivity contribution in [2.75, 3.05) is 6.54 Å². The number of hydrogen-bond acceptors (Lipinski definition) is 3. The summed E-state index contributed by atoms with van der Waals surface area (Å²) in [5, 5.41) is 9.45. The number of hydrogen-bond donors (Lipinski definition) is 1.